The van der Waals surface area contributed by atoms with Crippen molar-refractivity contribution in [1.82, 2.24) is 4.98 Å². The molecule has 2 aromatic rings. The molecule has 0 radical (unpaired) electrons. The van der Waals surface area contributed by atoms with Crippen LogP contribution in [-0.4, -0.2) is 24.7 Å². The maximum atomic E-state index is 12.2. The van der Waals surface area contributed by atoms with Crippen LogP contribution in [0.5, 0.6) is 0 Å². The van der Waals surface area contributed by atoms with Gasteiger partial charge in [0.05, 0.1) is 24.7 Å². The first kappa shape index (κ1) is 15.0. The Labute approximate surface area is 124 Å². The molecule has 5 nitrogen and oxygen atoms in total. The van der Waals surface area contributed by atoms with E-state index < -0.39 is 6.09 Å². The lowest BCUT2D eigenvalue weighted by Crippen LogP contribution is -2.26. The summed E-state index contributed by atoms with van der Waals surface area (Å²) in [4.78, 5) is 17.8. The molecule has 0 saturated heterocycles. The van der Waals surface area contributed by atoms with E-state index in [1.807, 2.05) is 30.3 Å². The summed E-state index contributed by atoms with van der Waals surface area (Å²) in [6.07, 6.45) is 4.53. The van der Waals surface area contributed by atoms with Gasteiger partial charge in [0, 0.05) is 6.20 Å². The topological polar surface area (TPSA) is 68.5 Å². The van der Waals surface area contributed by atoms with Gasteiger partial charge in [-0.1, -0.05) is 18.2 Å². The van der Waals surface area contributed by atoms with E-state index in [2.05, 4.69) is 4.98 Å². The second-order valence-corrected chi connectivity index (χ2v) is 4.54. The van der Waals surface area contributed by atoms with E-state index in [0.717, 1.165) is 24.1 Å². The van der Waals surface area contributed by atoms with E-state index in [4.69, 9.17) is 10.5 Å². The fourth-order valence-corrected chi connectivity index (χ4v) is 2.15. The number of pyridine rings is 1. The lowest BCUT2D eigenvalue weighted by atomic mass is 10.1. The number of carbonyl (C=O) groups excluding carboxylic acids is 1. The van der Waals surface area contributed by atoms with Crippen LogP contribution in [0.4, 0.5) is 16.2 Å². The second-order valence-electron chi connectivity index (χ2n) is 4.54. The number of hydrogen-bond acceptors (Lipinski definition) is 4. The van der Waals surface area contributed by atoms with Crippen LogP contribution in [0, 0.1) is 0 Å². The van der Waals surface area contributed by atoms with Gasteiger partial charge < -0.3 is 10.5 Å². The molecule has 2 N–H and O–H groups in total. The molecule has 5 heteroatoms. The minimum absolute atomic E-state index is 0.441. The zero-order valence-corrected chi connectivity index (χ0v) is 12.0. The van der Waals surface area contributed by atoms with Crippen molar-refractivity contribution >= 4 is 17.5 Å². The van der Waals surface area contributed by atoms with E-state index >= 15 is 0 Å². The van der Waals surface area contributed by atoms with Crippen LogP contribution in [0.2, 0.25) is 0 Å². The van der Waals surface area contributed by atoms with Crippen LogP contribution < -0.4 is 10.6 Å². The van der Waals surface area contributed by atoms with Gasteiger partial charge in [-0.25, -0.2) is 9.69 Å². The molecule has 0 aliphatic heterocycles. The van der Waals surface area contributed by atoms with Crippen molar-refractivity contribution in [2.75, 3.05) is 18.6 Å². The summed E-state index contributed by atoms with van der Waals surface area (Å²) in [5, 5.41) is 0. The number of para-hydroxylation sites is 1. The van der Waals surface area contributed by atoms with Gasteiger partial charge in [-0.15, -0.1) is 0 Å². The highest BCUT2D eigenvalue weighted by Crippen LogP contribution is 2.29. The smallest absolute Gasteiger partial charge is 0.418 e. The summed E-state index contributed by atoms with van der Waals surface area (Å²) in [6, 6.07) is 11.4. The van der Waals surface area contributed by atoms with Crippen LogP contribution in [0.15, 0.2) is 48.8 Å². The van der Waals surface area contributed by atoms with Crippen molar-refractivity contribution in [3.8, 4) is 0 Å². The molecular weight excluding hydrogens is 266 g/mol. The van der Waals surface area contributed by atoms with Gasteiger partial charge >= 0.3 is 6.09 Å². The van der Waals surface area contributed by atoms with E-state index in [0.29, 0.717) is 12.2 Å². The Morgan fingerprint density at radius 2 is 2.10 bits per heavy atom. The van der Waals surface area contributed by atoms with Crippen molar-refractivity contribution in [1.29, 1.82) is 0 Å². The number of anilines is 2. The summed E-state index contributed by atoms with van der Waals surface area (Å²) in [5.41, 5.74) is 8.11. The van der Waals surface area contributed by atoms with Gasteiger partial charge in [0.1, 0.15) is 0 Å². The monoisotopic (exact) mass is 285 g/mol. The van der Waals surface area contributed by atoms with Crippen LogP contribution >= 0.6 is 0 Å². The third-order valence-electron chi connectivity index (χ3n) is 3.14. The van der Waals surface area contributed by atoms with E-state index in [1.54, 1.807) is 18.5 Å². The first-order valence-electron chi connectivity index (χ1n) is 6.84. The third-order valence-corrected chi connectivity index (χ3v) is 3.14. The number of nitrogens with zero attached hydrogens (tertiary/aromatic N) is 2. The van der Waals surface area contributed by atoms with Gasteiger partial charge in [0.25, 0.3) is 0 Å². The molecule has 110 valence electrons. The van der Waals surface area contributed by atoms with Crippen molar-refractivity contribution in [3.63, 3.8) is 0 Å². The largest absolute Gasteiger partial charge is 0.452 e. The molecule has 0 saturated carbocycles. The maximum Gasteiger partial charge on any atom is 0.418 e. The molecular formula is C16H19N3O2. The van der Waals surface area contributed by atoms with Crippen molar-refractivity contribution in [2.24, 2.45) is 5.73 Å². The molecule has 21 heavy (non-hydrogen) atoms. The Kier molecular flexibility index (Phi) is 5.29. The molecule has 1 amide bonds. The van der Waals surface area contributed by atoms with Gasteiger partial charge in [0.2, 0.25) is 0 Å². The number of amides is 1. The van der Waals surface area contributed by atoms with E-state index in [-0.39, 0.29) is 0 Å². The number of aryl methyl sites for hydroxylation is 1. The Morgan fingerprint density at radius 3 is 2.76 bits per heavy atom. The maximum absolute atomic E-state index is 12.2. The average molecular weight is 285 g/mol. The van der Waals surface area contributed by atoms with E-state index in [9.17, 15) is 4.79 Å². The fourth-order valence-electron chi connectivity index (χ4n) is 2.15. The SMILES string of the molecule is COC(=O)N(c1cccnc1)c1ccccc1CCCN. The summed E-state index contributed by atoms with van der Waals surface area (Å²) < 4.78 is 4.92. The average Bonchev–Trinajstić information content (AvgIpc) is 2.55. The standard InChI is InChI=1S/C16H19N3O2/c1-21-16(20)19(14-8-5-11-18-12-14)15-9-3-2-6-13(15)7-4-10-17/h2-3,5-6,8-9,11-12H,4,7,10,17H2,1H3. The summed E-state index contributed by atoms with van der Waals surface area (Å²) >= 11 is 0. The van der Waals surface area contributed by atoms with Gasteiger partial charge in [0.15, 0.2) is 0 Å². The second kappa shape index (κ2) is 7.40. The minimum atomic E-state index is -0.441. The minimum Gasteiger partial charge on any atom is -0.452 e. The Morgan fingerprint density at radius 1 is 1.29 bits per heavy atom. The number of benzene rings is 1. The van der Waals surface area contributed by atoms with Crippen molar-refractivity contribution in [2.45, 2.75) is 12.8 Å². The first-order valence-corrected chi connectivity index (χ1v) is 6.84. The molecule has 0 fully saturated rings. The van der Waals surface area contributed by atoms with Crippen LogP contribution in [-0.2, 0) is 11.2 Å². The number of carbonyl (C=O) groups is 1. The van der Waals surface area contributed by atoms with Crippen molar-refractivity contribution < 1.29 is 9.53 Å². The number of rotatable bonds is 5. The molecule has 0 bridgehead atoms. The summed E-state index contributed by atoms with van der Waals surface area (Å²) in [7, 11) is 1.37. The van der Waals surface area contributed by atoms with E-state index in [1.165, 1.54) is 12.0 Å². The number of nitrogens with two attached hydrogens (primary N) is 1. The lowest BCUT2D eigenvalue weighted by Gasteiger charge is -2.23. The number of ether oxygens (including phenoxy) is 1. The molecule has 0 spiro atoms. The highest BCUT2D eigenvalue weighted by molar-refractivity contribution is 5.96. The Balaban J connectivity index is 2.45. The van der Waals surface area contributed by atoms with Crippen LogP contribution in [0.1, 0.15) is 12.0 Å². The predicted octanol–water partition coefficient (Wildman–Crippen LogP) is 2.88. The molecule has 0 atom stereocenters. The molecule has 0 unspecified atom stereocenters. The Bertz CT molecular complexity index is 587. The molecule has 0 aliphatic carbocycles. The molecule has 0 aliphatic rings. The highest BCUT2D eigenvalue weighted by Gasteiger charge is 2.21. The third kappa shape index (κ3) is 3.58. The summed E-state index contributed by atoms with van der Waals surface area (Å²) in [6.45, 7) is 0.611. The number of methoxy groups -OCH3 is 1. The van der Waals surface area contributed by atoms with Crippen LogP contribution in [0.3, 0.4) is 0 Å². The van der Waals surface area contributed by atoms with Crippen molar-refractivity contribution in [3.05, 3.63) is 54.4 Å². The normalized spacial score (nSPS) is 10.2. The lowest BCUT2D eigenvalue weighted by molar-refractivity contribution is 0.181. The number of aromatic nitrogens is 1. The quantitative estimate of drug-likeness (QED) is 0.917. The zero-order chi connectivity index (χ0) is 15.1. The van der Waals surface area contributed by atoms with Gasteiger partial charge in [-0.2, -0.15) is 0 Å². The molecule has 1 heterocycles. The number of hydrogen-bond donors (Lipinski definition) is 1. The first-order chi connectivity index (χ1) is 10.3. The van der Waals surface area contributed by atoms with Crippen LogP contribution in [0.25, 0.3) is 0 Å². The summed E-state index contributed by atoms with van der Waals surface area (Å²) in [5.74, 6) is 0. The zero-order valence-electron chi connectivity index (χ0n) is 12.0. The molecule has 1 aromatic heterocycles. The van der Waals surface area contributed by atoms with Gasteiger partial charge in [-0.05, 0) is 43.1 Å². The fraction of sp³-hybridized carbons (Fsp3) is 0.250. The molecule has 2 rings (SSSR count). The van der Waals surface area contributed by atoms with Gasteiger partial charge in [-0.3, -0.25) is 4.98 Å². The predicted molar refractivity (Wildman–Crippen MR) is 82.6 cm³/mol. The molecule has 1 aromatic carbocycles. The highest BCUT2D eigenvalue weighted by atomic mass is 16.5. The Hall–Kier alpha value is -2.40.